The van der Waals surface area contributed by atoms with Gasteiger partial charge < -0.3 is 0 Å². The minimum Gasteiger partial charge on any atom is -0.192 e. The van der Waals surface area contributed by atoms with E-state index in [1.54, 1.807) is 18.2 Å². The molecule has 1 aromatic rings. The van der Waals surface area contributed by atoms with Crippen molar-refractivity contribution < 1.29 is 0 Å². The Balaban J connectivity index is 3.34. The average Bonchev–Trinajstić information content (AvgIpc) is 2.04. The normalized spacial score (nSPS) is 8.27. The SMILES string of the molecule is C#Cc1cc(Br)ccc1C#N. The van der Waals surface area contributed by atoms with Crippen LogP contribution >= 0.6 is 15.9 Å². The van der Waals surface area contributed by atoms with Gasteiger partial charge in [-0.25, -0.2) is 0 Å². The summed E-state index contributed by atoms with van der Waals surface area (Å²) in [5.41, 5.74) is 1.16. The van der Waals surface area contributed by atoms with Gasteiger partial charge in [-0.15, -0.1) is 6.42 Å². The van der Waals surface area contributed by atoms with Crippen molar-refractivity contribution in [3.05, 3.63) is 33.8 Å². The van der Waals surface area contributed by atoms with E-state index in [1.807, 2.05) is 6.07 Å². The summed E-state index contributed by atoms with van der Waals surface area (Å²) in [4.78, 5) is 0. The van der Waals surface area contributed by atoms with Gasteiger partial charge in [-0.3, -0.25) is 0 Å². The van der Waals surface area contributed by atoms with Gasteiger partial charge in [0.15, 0.2) is 0 Å². The van der Waals surface area contributed by atoms with Gasteiger partial charge in [-0.1, -0.05) is 21.9 Å². The first-order valence-electron chi connectivity index (χ1n) is 2.94. The predicted molar refractivity (Wildman–Crippen MR) is 46.8 cm³/mol. The van der Waals surface area contributed by atoms with Crippen LogP contribution in [-0.2, 0) is 0 Å². The smallest absolute Gasteiger partial charge is 0.100 e. The molecule has 1 rings (SSSR count). The topological polar surface area (TPSA) is 23.8 Å². The summed E-state index contributed by atoms with van der Waals surface area (Å²) in [5, 5.41) is 8.58. The third kappa shape index (κ3) is 1.61. The molecule has 2 heteroatoms. The van der Waals surface area contributed by atoms with E-state index in [0.29, 0.717) is 11.1 Å². The number of nitriles is 1. The Labute approximate surface area is 73.8 Å². The molecular weight excluding hydrogens is 202 g/mol. The highest BCUT2D eigenvalue weighted by Crippen LogP contribution is 2.14. The van der Waals surface area contributed by atoms with E-state index in [4.69, 9.17) is 11.7 Å². The standard InChI is InChI=1S/C9H4BrN/c1-2-7-5-9(10)4-3-8(7)6-11/h1,3-5H. The van der Waals surface area contributed by atoms with Gasteiger partial charge in [-0.2, -0.15) is 5.26 Å². The summed E-state index contributed by atoms with van der Waals surface area (Å²) >= 11 is 3.26. The zero-order valence-corrected chi connectivity index (χ0v) is 7.22. The maximum Gasteiger partial charge on any atom is 0.100 e. The predicted octanol–water partition coefficient (Wildman–Crippen LogP) is 2.30. The largest absolute Gasteiger partial charge is 0.192 e. The molecule has 11 heavy (non-hydrogen) atoms. The summed E-state index contributed by atoms with van der Waals surface area (Å²) in [7, 11) is 0. The summed E-state index contributed by atoms with van der Waals surface area (Å²) in [6.07, 6.45) is 5.17. The van der Waals surface area contributed by atoms with Gasteiger partial charge in [0.25, 0.3) is 0 Å². The van der Waals surface area contributed by atoms with Crippen LogP contribution < -0.4 is 0 Å². The van der Waals surface area contributed by atoms with Crippen LogP contribution in [0.25, 0.3) is 0 Å². The first-order valence-corrected chi connectivity index (χ1v) is 3.73. The van der Waals surface area contributed by atoms with Gasteiger partial charge in [0, 0.05) is 10.0 Å². The van der Waals surface area contributed by atoms with Crippen LogP contribution in [0.5, 0.6) is 0 Å². The number of benzene rings is 1. The molecule has 0 aromatic heterocycles. The number of hydrogen-bond acceptors (Lipinski definition) is 1. The first-order chi connectivity index (χ1) is 5.27. The highest BCUT2D eigenvalue weighted by molar-refractivity contribution is 9.10. The van der Waals surface area contributed by atoms with Crippen LogP contribution in [0.3, 0.4) is 0 Å². The molecule has 1 aromatic carbocycles. The molecule has 0 radical (unpaired) electrons. The number of nitrogens with zero attached hydrogens (tertiary/aromatic N) is 1. The Bertz CT molecular complexity index is 355. The minimum atomic E-state index is 0.538. The lowest BCUT2D eigenvalue weighted by atomic mass is 10.1. The number of terminal acetylenes is 1. The molecule has 0 aliphatic heterocycles. The second-order valence-electron chi connectivity index (χ2n) is 1.95. The van der Waals surface area contributed by atoms with Crippen LogP contribution in [0.1, 0.15) is 11.1 Å². The van der Waals surface area contributed by atoms with E-state index in [0.717, 1.165) is 4.47 Å². The molecule has 0 saturated carbocycles. The number of hydrogen-bond donors (Lipinski definition) is 0. The van der Waals surface area contributed by atoms with E-state index < -0.39 is 0 Å². The summed E-state index contributed by atoms with van der Waals surface area (Å²) in [6.45, 7) is 0. The molecule has 0 fully saturated rings. The van der Waals surface area contributed by atoms with E-state index in [1.165, 1.54) is 0 Å². The third-order valence-corrected chi connectivity index (χ3v) is 1.75. The van der Waals surface area contributed by atoms with Crippen molar-refractivity contribution in [2.24, 2.45) is 0 Å². The Morgan fingerprint density at radius 2 is 2.09 bits per heavy atom. The molecule has 0 heterocycles. The molecule has 0 unspecified atom stereocenters. The summed E-state index contributed by atoms with van der Waals surface area (Å²) in [5.74, 6) is 2.43. The van der Waals surface area contributed by atoms with Gasteiger partial charge in [0.2, 0.25) is 0 Å². The van der Waals surface area contributed by atoms with Crippen molar-refractivity contribution in [1.82, 2.24) is 0 Å². The lowest BCUT2D eigenvalue weighted by Crippen LogP contribution is -1.81. The molecule has 52 valence electrons. The highest BCUT2D eigenvalue weighted by atomic mass is 79.9. The second kappa shape index (κ2) is 3.23. The van der Waals surface area contributed by atoms with Crippen LogP contribution in [0.15, 0.2) is 22.7 Å². The zero-order chi connectivity index (χ0) is 8.27. The summed E-state index contributed by atoms with van der Waals surface area (Å²) < 4.78 is 0.893. The average molecular weight is 206 g/mol. The van der Waals surface area contributed by atoms with Crippen LogP contribution in [-0.4, -0.2) is 0 Å². The van der Waals surface area contributed by atoms with Crippen molar-refractivity contribution in [3.63, 3.8) is 0 Å². The summed E-state index contributed by atoms with van der Waals surface area (Å²) in [6, 6.07) is 7.24. The highest BCUT2D eigenvalue weighted by Gasteiger charge is 1.97. The van der Waals surface area contributed by atoms with E-state index in [9.17, 15) is 0 Å². The number of rotatable bonds is 0. The van der Waals surface area contributed by atoms with Crippen LogP contribution in [0.4, 0.5) is 0 Å². The lowest BCUT2D eigenvalue weighted by Gasteiger charge is -1.94. The number of halogens is 1. The quantitative estimate of drug-likeness (QED) is 0.597. The van der Waals surface area contributed by atoms with Crippen molar-refractivity contribution in [2.45, 2.75) is 0 Å². The van der Waals surface area contributed by atoms with E-state index in [-0.39, 0.29) is 0 Å². The Kier molecular flexibility index (Phi) is 2.31. The molecular formula is C9H4BrN. The lowest BCUT2D eigenvalue weighted by molar-refractivity contribution is 1.46. The first kappa shape index (κ1) is 7.85. The fourth-order valence-electron chi connectivity index (χ4n) is 0.733. The molecule has 1 nitrogen and oxygen atoms in total. The minimum absolute atomic E-state index is 0.538. The Hall–Kier alpha value is -1.25. The van der Waals surface area contributed by atoms with Crippen molar-refractivity contribution >= 4 is 15.9 Å². The fourth-order valence-corrected chi connectivity index (χ4v) is 1.09. The maximum atomic E-state index is 8.58. The Morgan fingerprint density at radius 3 is 2.64 bits per heavy atom. The van der Waals surface area contributed by atoms with Gasteiger partial charge >= 0.3 is 0 Å². The monoisotopic (exact) mass is 205 g/mol. The van der Waals surface area contributed by atoms with Crippen molar-refractivity contribution in [3.8, 4) is 18.4 Å². The van der Waals surface area contributed by atoms with Gasteiger partial charge in [0.1, 0.15) is 6.07 Å². The van der Waals surface area contributed by atoms with E-state index >= 15 is 0 Å². The van der Waals surface area contributed by atoms with Crippen molar-refractivity contribution in [2.75, 3.05) is 0 Å². The van der Waals surface area contributed by atoms with Crippen molar-refractivity contribution in [1.29, 1.82) is 5.26 Å². The second-order valence-corrected chi connectivity index (χ2v) is 2.86. The molecule has 0 aliphatic carbocycles. The fraction of sp³-hybridized carbons (Fsp3) is 0. The van der Waals surface area contributed by atoms with Crippen LogP contribution in [0, 0.1) is 23.7 Å². The van der Waals surface area contributed by atoms with Gasteiger partial charge in [-0.05, 0) is 18.2 Å². The molecule has 0 amide bonds. The Morgan fingerprint density at radius 1 is 1.36 bits per heavy atom. The molecule has 0 aliphatic rings. The molecule has 0 spiro atoms. The maximum absolute atomic E-state index is 8.58. The zero-order valence-electron chi connectivity index (χ0n) is 5.63. The van der Waals surface area contributed by atoms with Gasteiger partial charge in [0.05, 0.1) is 5.56 Å². The molecule has 0 N–H and O–H groups in total. The third-order valence-electron chi connectivity index (χ3n) is 1.26. The molecule has 0 atom stereocenters. The molecule has 0 bridgehead atoms. The van der Waals surface area contributed by atoms with E-state index in [2.05, 4.69) is 21.9 Å². The molecule has 0 saturated heterocycles. The van der Waals surface area contributed by atoms with Crippen LogP contribution in [0.2, 0.25) is 0 Å².